The fourth-order valence-electron chi connectivity index (χ4n) is 3.41. The zero-order chi connectivity index (χ0) is 19.4. The Morgan fingerprint density at radius 3 is 2.00 bits per heavy atom. The molecular weight excluding hydrogens is 371 g/mol. The van der Waals surface area contributed by atoms with E-state index in [0.717, 1.165) is 18.7 Å². The standard InChI is InChI=1S/C18H27FN4O3S/c1-20-8-12-22(13-9-20)27(25,26)23-14-10-21(11-15-23)18(24)7-4-16-2-5-17(19)6-3-16/h2-3,5-6H,4,7-15H2,1H3. The summed E-state index contributed by atoms with van der Waals surface area (Å²) in [4.78, 5) is 16.2. The van der Waals surface area contributed by atoms with Gasteiger partial charge < -0.3 is 9.80 Å². The van der Waals surface area contributed by atoms with E-state index in [2.05, 4.69) is 4.90 Å². The third kappa shape index (κ3) is 5.04. The van der Waals surface area contributed by atoms with Crippen LogP contribution in [0.1, 0.15) is 12.0 Å². The van der Waals surface area contributed by atoms with Crippen LogP contribution in [0.5, 0.6) is 0 Å². The Labute approximate surface area is 160 Å². The van der Waals surface area contributed by atoms with Gasteiger partial charge in [-0.1, -0.05) is 12.1 Å². The highest BCUT2D eigenvalue weighted by Crippen LogP contribution is 2.15. The van der Waals surface area contributed by atoms with Gasteiger partial charge in [0.25, 0.3) is 10.2 Å². The van der Waals surface area contributed by atoms with Crippen LogP contribution in [0.25, 0.3) is 0 Å². The molecule has 150 valence electrons. The summed E-state index contributed by atoms with van der Waals surface area (Å²) in [7, 11) is -1.46. The summed E-state index contributed by atoms with van der Waals surface area (Å²) in [6, 6.07) is 6.15. The SMILES string of the molecule is CN1CCN(S(=O)(=O)N2CCN(C(=O)CCc3ccc(F)cc3)CC2)CC1. The van der Waals surface area contributed by atoms with E-state index in [-0.39, 0.29) is 11.7 Å². The van der Waals surface area contributed by atoms with Crippen molar-refractivity contribution in [3.8, 4) is 0 Å². The fraction of sp³-hybridized carbons (Fsp3) is 0.611. The predicted molar refractivity (Wildman–Crippen MR) is 101 cm³/mol. The molecule has 0 bridgehead atoms. The van der Waals surface area contributed by atoms with Crippen molar-refractivity contribution >= 4 is 16.1 Å². The summed E-state index contributed by atoms with van der Waals surface area (Å²) in [5, 5.41) is 0. The number of benzene rings is 1. The minimum absolute atomic E-state index is 0.0102. The first-order chi connectivity index (χ1) is 12.9. The Morgan fingerprint density at radius 2 is 1.44 bits per heavy atom. The first-order valence-electron chi connectivity index (χ1n) is 9.32. The molecule has 7 nitrogen and oxygen atoms in total. The molecule has 2 aliphatic heterocycles. The summed E-state index contributed by atoms with van der Waals surface area (Å²) in [6.07, 6.45) is 0.899. The number of carbonyl (C=O) groups excluding carboxylic acids is 1. The Hall–Kier alpha value is -1.55. The van der Waals surface area contributed by atoms with Crippen LogP contribution in [0.2, 0.25) is 0 Å². The second kappa shape index (κ2) is 8.64. The van der Waals surface area contributed by atoms with Crippen molar-refractivity contribution in [3.05, 3.63) is 35.6 Å². The average Bonchev–Trinajstić information content (AvgIpc) is 2.68. The number of rotatable bonds is 5. The number of halogens is 1. The van der Waals surface area contributed by atoms with E-state index in [4.69, 9.17) is 0 Å². The van der Waals surface area contributed by atoms with Crippen LogP contribution in [-0.4, -0.2) is 92.1 Å². The molecule has 0 atom stereocenters. The number of aryl methyl sites for hydroxylation is 1. The zero-order valence-corrected chi connectivity index (χ0v) is 16.5. The van der Waals surface area contributed by atoms with Crippen LogP contribution in [-0.2, 0) is 21.4 Å². The molecule has 2 fully saturated rings. The Balaban J connectivity index is 1.47. The van der Waals surface area contributed by atoms with Crippen molar-refractivity contribution in [1.29, 1.82) is 0 Å². The first-order valence-corrected chi connectivity index (χ1v) is 10.7. The van der Waals surface area contributed by atoms with Gasteiger partial charge in [-0.25, -0.2) is 4.39 Å². The minimum atomic E-state index is -3.45. The van der Waals surface area contributed by atoms with E-state index in [1.165, 1.54) is 16.4 Å². The average molecular weight is 399 g/mol. The highest BCUT2D eigenvalue weighted by Gasteiger charge is 2.34. The van der Waals surface area contributed by atoms with Gasteiger partial charge >= 0.3 is 0 Å². The van der Waals surface area contributed by atoms with Gasteiger partial charge in [-0.2, -0.15) is 17.0 Å². The molecule has 0 spiro atoms. The monoisotopic (exact) mass is 398 g/mol. The topological polar surface area (TPSA) is 64.2 Å². The number of nitrogens with zero attached hydrogens (tertiary/aromatic N) is 4. The molecule has 0 aliphatic carbocycles. The Morgan fingerprint density at radius 1 is 0.926 bits per heavy atom. The van der Waals surface area contributed by atoms with Crippen molar-refractivity contribution in [3.63, 3.8) is 0 Å². The molecule has 2 saturated heterocycles. The largest absolute Gasteiger partial charge is 0.340 e. The molecule has 0 unspecified atom stereocenters. The molecule has 1 aromatic carbocycles. The van der Waals surface area contributed by atoms with Crippen LogP contribution in [0.15, 0.2) is 24.3 Å². The van der Waals surface area contributed by atoms with Crippen molar-refractivity contribution in [2.75, 3.05) is 59.4 Å². The van der Waals surface area contributed by atoms with Crippen LogP contribution < -0.4 is 0 Å². The van der Waals surface area contributed by atoms with Crippen molar-refractivity contribution in [2.45, 2.75) is 12.8 Å². The Kier molecular flexibility index (Phi) is 6.46. The molecule has 9 heteroatoms. The van der Waals surface area contributed by atoms with E-state index in [1.807, 2.05) is 7.05 Å². The van der Waals surface area contributed by atoms with Gasteiger partial charge in [0, 0.05) is 58.8 Å². The van der Waals surface area contributed by atoms with Gasteiger partial charge in [-0.05, 0) is 31.2 Å². The lowest BCUT2D eigenvalue weighted by Gasteiger charge is -2.39. The molecule has 0 N–H and O–H groups in total. The lowest BCUT2D eigenvalue weighted by atomic mass is 10.1. The molecule has 0 saturated carbocycles. The van der Waals surface area contributed by atoms with E-state index >= 15 is 0 Å². The van der Waals surface area contributed by atoms with E-state index in [1.54, 1.807) is 21.3 Å². The highest BCUT2D eigenvalue weighted by atomic mass is 32.2. The van der Waals surface area contributed by atoms with Gasteiger partial charge in [-0.15, -0.1) is 0 Å². The van der Waals surface area contributed by atoms with Crippen LogP contribution in [0.4, 0.5) is 4.39 Å². The predicted octanol–water partition coefficient (Wildman–Crippen LogP) is 0.395. The summed E-state index contributed by atoms with van der Waals surface area (Å²) < 4.78 is 41.5. The van der Waals surface area contributed by atoms with Gasteiger partial charge in [0.15, 0.2) is 0 Å². The second-order valence-electron chi connectivity index (χ2n) is 7.12. The maximum absolute atomic E-state index is 12.9. The number of likely N-dealkylation sites (N-methyl/N-ethyl adjacent to an activating group) is 1. The summed E-state index contributed by atoms with van der Waals surface area (Å²) >= 11 is 0. The molecule has 2 aliphatic rings. The molecule has 2 heterocycles. The minimum Gasteiger partial charge on any atom is -0.340 e. The van der Waals surface area contributed by atoms with Crippen LogP contribution >= 0.6 is 0 Å². The van der Waals surface area contributed by atoms with Crippen LogP contribution in [0, 0.1) is 5.82 Å². The van der Waals surface area contributed by atoms with Crippen molar-refractivity contribution < 1.29 is 17.6 Å². The smallest absolute Gasteiger partial charge is 0.282 e. The first kappa shape index (κ1) is 20.2. The lowest BCUT2D eigenvalue weighted by molar-refractivity contribution is -0.132. The van der Waals surface area contributed by atoms with Crippen LogP contribution in [0.3, 0.4) is 0 Å². The molecule has 1 aromatic rings. The third-order valence-corrected chi connectivity index (χ3v) is 7.28. The highest BCUT2D eigenvalue weighted by molar-refractivity contribution is 7.86. The van der Waals surface area contributed by atoms with Gasteiger partial charge in [-0.3, -0.25) is 4.79 Å². The maximum Gasteiger partial charge on any atom is 0.282 e. The zero-order valence-electron chi connectivity index (χ0n) is 15.7. The van der Waals surface area contributed by atoms with E-state index < -0.39 is 10.2 Å². The molecule has 0 aromatic heterocycles. The second-order valence-corrected chi connectivity index (χ2v) is 9.04. The van der Waals surface area contributed by atoms with Crippen molar-refractivity contribution in [2.24, 2.45) is 0 Å². The molecule has 27 heavy (non-hydrogen) atoms. The molecule has 0 radical (unpaired) electrons. The molecule has 3 rings (SSSR count). The quantitative estimate of drug-likeness (QED) is 0.720. The number of amides is 1. The number of piperazine rings is 2. The van der Waals surface area contributed by atoms with E-state index in [0.29, 0.717) is 52.1 Å². The summed E-state index contributed by atoms with van der Waals surface area (Å²) in [6.45, 7) is 3.98. The number of hydrogen-bond donors (Lipinski definition) is 0. The van der Waals surface area contributed by atoms with E-state index in [9.17, 15) is 17.6 Å². The van der Waals surface area contributed by atoms with Crippen molar-refractivity contribution in [1.82, 2.24) is 18.4 Å². The molecular formula is C18H27FN4O3S. The molecule has 1 amide bonds. The summed E-state index contributed by atoms with van der Waals surface area (Å²) in [5.41, 5.74) is 0.918. The van der Waals surface area contributed by atoms with Gasteiger partial charge in [0.05, 0.1) is 0 Å². The maximum atomic E-state index is 12.9. The lowest BCUT2D eigenvalue weighted by Crippen LogP contribution is -2.57. The van der Waals surface area contributed by atoms with Gasteiger partial charge in [0.2, 0.25) is 5.91 Å². The number of hydrogen-bond acceptors (Lipinski definition) is 4. The third-order valence-electron chi connectivity index (χ3n) is 5.25. The number of carbonyl (C=O) groups is 1. The normalized spacial score (nSPS) is 20.7. The fourth-order valence-corrected chi connectivity index (χ4v) is 4.99. The Bertz CT molecular complexity index is 740. The van der Waals surface area contributed by atoms with Gasteiger partial charge in [0.1, 0.15) is 5.82 Å². The summed E-state index contributed by atoms with van der Waals surface area (Å²) in [5.74, 6) is -0.279.